The number of aromatic nitrogens is 4. The highest BCUT2D eigenvalue weighted by molar-refractivity contribution is 6.00. The fourth-order valence-electron chi connectivity index (χ4n) is 9.04. The van der Waals surface area contributed by atoms with Crippen molar-refractivity contribution in [3.63, 3.8) is 0 Å². The lowest BCUT2D eigenvalue weighted by molar-refractivity contribution is -0.241. The Morgan fingerprint density at radius 2 is 1.83 bits per heavy atom. The molecule has 4 heterocycles. The van der Waals surface area contributed by atoms with Crippen molar-refractivity contribution in [3.8, 4) is 11.4 Å². The molecule has 15 heteroatoms. The Balaban J connectivity index is 1.60. The Morgan fingerprint density at radius 1 is 1.10 bits per heavy atom. The van der Waals surface area contributed by atoms with Crippen LogP contribution in [0.5, 0.6) is 0 Å². The molecule has 0 radical (unpaired) electrons. The van der Waals surface area contributed by atoms with Crippen LogP contribution in [0.15, 0.2) is 43.2 Å². The molecule has 2 aromatic rings. The highest BCUT2D eigenvalue weighted by Crippen LogP contribution is 2.39. The molecule has 2 aromatic heterocycles. The van der Waals surface area contributed by atoms with Gasteiger partial charge in [-0.05, 0) is 111 Å². The average molecular weight is 826 g/mol. The summed E-state index contributed by atoms with van der Waals surface area (Å²) in [6.45, 7) is 21.0. The van der Waals surface area contributed by atoms with E-state index in [9.17, 15) is 19.5 Å². The molecular formula is C44H71N7O8. The lowest BCUT2D eigenvalue weighted by Gasteiger charge is -2.40. The summed E-state index contributed by atoms with van der Waals surface area (Å²) in [5.41, 5.74) is 0.227. The minimum atomic E-state index is -1.21. The topological polar surface area (TPSA) is 170 Å². The van der Waals surface area contributed by atoms with Crippen molar-refractivity contribution in [3.05, 3.63) is 43.2 Å². The third-order valence-corrected chi connectivity index (χ3v) is 12.2. The predicted octanol–water partition coefficient (Wildman–Crippen LogP) is 5.52. The third-order valence-electron chi connectivity index (χ3n) is 12.2. The number of fused-ring (bicyclic) bond motifs is 1. The highest BCUT2D eigenvalue weighted by Gasteiger charge is 2.58. The van der Waals surface area contributed by atoms with Gasteiger partial charge in [0.1, 0.15) is 23.8 Å². The molecule has 1 amide bonds. The second-order valence-corrected chi connectivity index (χ2v) is 16.9. The zero-order chi connectivity index (χ0) is 43.4. The number of cyclic esters (lactones) is 1. The van der Waals surface area contributed by atoms with E-state index in [2.05, 4.69) is 34.1 Å². The fraction of sp³-hybridized carbons (Fsp3) is 0.727. The number of amides is 1. The number of ketones is 1. The van der Waals surface area contributed by atoms with Crippen LogP contribution >= 0.6 is 0 Å². The Morgan fingerprint density at radius 3 is 2.46 bits per heavy atom. The van der Waals surface area contributed by atoms with E-state index in [0.717, 1.165) is 12.1 Å². The maximum atomic E-state index is 14.4. The molecule has 2 saturated heterocycles. The molecule has 59 heavy (non-hydrogen) atoms. The van der Waals surface area contributed by atoms with E-state index in [1.54, 1.807) is 29.6 Å². The molecule has 12 atom stereocenters. The Hall–Kier alpha value is -3.76. The predicted molar refractivity (Wildman–Crippen MR) is 225 cm³/mol. The van der Waals surface area contributed by atoms with Crippen LogP contribution in [0.2, 0.25) is 0 Å². The van der Waals surface area contributed by atoms with Gasteiger partial charge in [-0.15, -0.1) is 11.7 Å². The lowest BCUT2D eigenvalue weighted by atomic mass is 9.79. The van der Waals surface area contributed by atoms with Crippen LogP contribution in [-0.2, 0) is 35.1 Å². The van der Waals surface area contributed by atoms with Crippen LogP contribution in [-0.4, -0.2) is 135 Å². The Kier molecular flexibility index (Phi) is 18.0. The molecule has 15 nitrogen and oxygen atoms in total. The summed E-state index contributed by atoms with van der Waals surface area (Å²) >= 11 is 0. The normalized spacial score (nSPS) is 30.2. The van der Waals surface area contributed by atoms with Crippen LogP contribution in [0, 0.1) is 23.7 Å². The molecule has 0 spiro atoms. The number of aliphatic hydroxyl groups is 1. The molecule has 0 aliphatic carbocycles. The SMILES string of the molecule is C=CC[C@H]1C[C@@H](C)CN[C@H](C)[C@H]2N(CCCCn3cc(-c4ccccn4)nn3)C(=O)O[C@]2(C)[C@@H](CC)OC(=O)[C@H](C)C(=O)[C@H](C)[C@H]1O[C@H](OCC)C(O)C(CC)N(C)C. The fourth-order valence-corrected chi connectivity index (χ4v) is 9.04. The van der Waals surface area contributed by atoms with Gasteiger partial charge in [0.05, 0.1) is 24.0 Å². The van der Waals surface area contributed by atoms with E-state index in [1.165, 1.54) is 0 Å². The first-order chi connectivity index (χ1) is 28.1. The zero-order valence-corrected chi connectivity index (χ0v) is 37.1. The van der Waals surface area contributed by atoms with Crippen molar-refractivity contribution in [2.75, 3.05) is 33.8 Å². The van der Waals surface area contributed by atoms with Gasteiger partial charge in [-0.1, -0.05) is 45.1 Å². The van der Waals surface area contributed by atoms with Gasteiger partial charge < -0.3 is 34.3 Å². The van der Waals surface area contributed by atoms with Crippen molar-refractivity contribution in [2.45, 2.75) is 149 Å². The van der Waals surface area contributed by atoms with Gasteiger partial charge in [0, 0.05) is 43.9 Å². The number of aryl methyl sites for hydroxylation is 1. The van der Waals surface area contributed by atoms with E-state index in [4.69, 9.17) is 18.9 Å². The number of ether oxygens (including phenoxy) is 4. The number of unbranched alkanes of at least 4 members (excludes halogenated alkanes) is 1. The van der Waals surface area contributed by atoms with Crippen molar-refractivity contribution >= 4 is 17.8 Å². The standard InChI is InChI=1S/C44H71N7O8/c1-12-20-32-25-28(5)26-46-31(8)40-44(9,59-43(55)51(40)24-19-18-23-50-27-34(47-48-50)33-21-16-17-22-45-33)36(14-3)57-41(54)30(7)37(52)29(6)39(32)58-42(56-15-4)38(53)35(13-2)49(10)11/h12,16-17,21-22,27-32,35-36,38-40,42,46,53H,1,13-15,18-20,23-26H2,2-11H3/t28-,29+,30-,31-,32+,35?,36-,38?,39-,40-,42+,44-/m1/s1. The summed E-state index contributed by atoms with van der Waals surface area (Å²) in [6.07, 6.45) is 4.98. The van der Waals surface area contributed by atoms with Gasteiger partial charge in [-0.25, -0.2) is 4.79 Å². The van der Waals surface area contributed by atoms with Crippen molar-refractivity contribution in [2.24, 2.45) is 23.7 Å². The number of allylic oxidation sites excluding steroid dienone is 1. The van der Waals surface area contributed by atoms with Gasteiger partial charge in [0.15, 0.2) is 17.7 Å². The summed E-state index contributed by atoms with van der Waals surface area (Å²) in [5, 5.41) is 23.8. The Bertz CT molecular complexity index is 1640. The summed E-state index contributed by atoms with van der Waals surface area (Å²) in [7, 11) is 3.80. The summed E-state index contributed by atoms with van der Waals surface area (Å²) in [5.74, 6) is -3.04. The average Bonchev–Trinajstić information content (AvgIpc) is 3.79. The number of esters is 1. The van der Waals surface area contributed by atoms with Crippen LogP contribution in [0.4, 0.5) is 4.79 Å². The third kappa shape index (κ3) is 11.7. The van der Waals surface area contributed by atoms with Crippen molar-refractivity contribution in [1.82, 2.24) is 35.1 Å². The number of hydrogen-bond donors (Lipinski definition) is 2. The van der Waals surface area contributed by atoms with Gasteiger partial charge >= 0.3 is 12.1 Å². The second-order valence-electron chi connectivity index (χ2n) is 16.9. The van der Waals surface area contributed by atoms with Crippen molar-refractivity contribution < 1.29 is 38.4 Å². The van der Waals surface area contributed by atoms with Crippen LogP contribution < -0.4 is 5.32 Å². The molecular weight excluding hydrogens is 755 g/mol. The lowest BCUT2D eigenvalue weighted by Crippen LogP contribution is -2.60. The number of rotatable bonds is 17. The summed E-state index contributed by atoms with van der Waals surface area (Å²) < 4.78 is 27.0. The highest BCUT2D eigenvalue weighted by atomic mass is 16.7. The van der Waals surface area contributed by atoms with E-state index in [0.29, 0.717) is 64.0 Å². The number of Topliss-reactive ketones (excluding diaryl/α,β-unsaturated/α-hetero) is 1. The number of nitrogens with one attached hydrogen (secondary N) is 1. The monoisotopic (exact) mass is 826 g/mol. The summed E-state index contributed by atoms with van der Waals surface area (Å²) in [6, 6.07) is 4.64. The van der Waals surface area contributed by atoms with E-state index < -0.39 is 60.1 Å². The number of nitrogens with zero attached hydrogens (tertiary/aromatic N) is 6. The maximum Gasteiger partial charge on any atom is 0.410 e. The molecule has 2 N–H and O–H groups in total. The number of carbonyl (C=O) groups is 3. The zero-order valence-electron chi connectivity index (χ0n) is 37.1. The van der Waals surface area contributed by atoms with Gasteiger partial charge in [0.25, 0.3) is 0 Å². The van der Waals surface area contributed by atoms with Gasteiger partial charge in [-0.3, -0.25) is 24.2 Å². The quantitative estimate of drug-likeness (QED) is 0.0673. The van der Waals surface area contributed by atoms with Crippen LogP contribution in [0.25, 0.3) is 11.4 Å². The first-order valence-corrected chi connectivity index (χ1v) is 21.6. The largest absolute Gasteiger partial charge is 0.458 e. The maximum absolute atomic E-state index is 14.4. The second kappa shape index (κ2) is 22.2. The molecule has 2 aliphatic rings. The molecule has 330 valence electrons. The molecule has 0 bridgehead atoms. The van der Waals surface area contributed by atoms with Crippen LogP contribution in [0.1, 0.15) is 93.9 Å². The van der Waals surface area contributed by atoms with E-state index in [-0.39, 0.29) is 29.7 Å². The molecule has 4 rings (SSSR count). The smallest absolute Gasteiger partial charge is 0.410 e. The van der Waals surface area contributed by atoms with Gasteiger partial charge in [0.2, 0.25) is 0 Å². The minimum Gasteiger partial charge on any atom is -0.458 e. The number of carbonyl (C=O) groups excluding carboxylic acids is 3. The van der Waals surface area contributed by atoms with Crippen molar-refractivity contribution in [1.29, 1.82) is 0 Å². The number of aliphatic hydroxyl groups excluding tert-OH is 1. The van der Waals surface area contributed by atoms with E-state index >= 15 is 0 Å². The number of likely N-dealkylation sites (N-methyl/N-ethyl adjacent to an activating group) is 1. The number of hydrogen-bond acceptors (Lipinski definition) is 13. The molecule has 2 aliphatic heterocycles. The van der Waals surface area contributed by atoms with Crippen LogP contribution in [0.3, 0.4) is 0 Å². The molecule has 2 unspecified atom stereocenters. The molecule has 2 fully saturated rings. The molecule has 0 saturated carbocycles. The minimum absolute atomic E-state index is 0.0928. The summed E-state index contributed by atoms with van der Waals surface area (Å²) in [4.78, 5) is 50.3. The number of pyridine rings is 1. The Labute approximate surface area is 351 Å². The molecule has 0 aromatic carbocycles. The first-order valence-electron chi connectivity index (χ1n) is 21.6. The van der Waals surface area contributed by atoms with E-state index in [1.807, 2.05) is 84.1 Å². The van der Waals surface area contributed by atoms with Gasteiger partial charge in [-0.2, -0.15) is 0 Å². The first kappa shape index (κ1) is 47.9.